The zero-order chi connectivity index (χ0) is 94.0. The molecule has 0 atom stereocenters. The van der Waals surface area contributed by atoms with Gasteiger partial charge in [0.05, 0.1) is 39.6 Å². The molecule has 10 aromatic carbocycles. The Hall–Kier alpha value is -14.5. The van der Waals surface area contributed by atoms with E-state index in [4.69, 9.17) is 47.4 Å². The van der Waals surface area contributed by atoms with Gasteiger partial charge in [0.25, 0.3) is 0 Å². The summed E-state index contributed by atoms with van der Waals surface area (Å²) in [5, 5.41) is 10.7. The van der Waals surface area contributed by atoms with Gasteiger partial charge in [0.15, 0.2) is 6.61 Å². The van der Waals surface area contributed by atoms with E-state index in [1.54, 1.807) is 59.7 Å². The molecule has 0 saturated heterocycles. The van der Waals surface area contributed by atoms with Crippen LogP contribution in [-0.2, 0) is 74.9 Å². The van der Waals surface area contributed by atoms with Crippen molar-refractivity contribution in [1.82, 2.24) is 0 Å². The summed E-state index contributed by atoms with van der Waals surface area (Å²) in [6.45, 7) is 41.1. The van der Waals surface area contributed by atoms with Crippen LogP contribution in [0.1, 0.15) is 179 Å². The van der Waals surface area contributed by atoms with E-state index < -0.39 is 23.9 Å². The number of ether oxygens (including phenoxy) is 10. The van der Waals surface area contributed by atoms with Gasteiger partial charge >= 0.3 is 47.8 Å². The first-order valence-electron chi connectivity index (χ1n) is 43.8. The molecule has 0 N–H and O–H groups in total. The summed E-state index contributed by atoms with van der Waals surface area (Å²) in [5.41, 5.74) is 7.31. The molecule has 0 aromatic heterocycles. The highest BCUT2D eigenvalue weighted by Gasteiger charge is 2.14. The van der Waals surface area contributed by atoms with Gasteiger partial charge in [0, 0.05) is 62.3 Å². The maximum Gasteiger partial charge on any atom is 0.338 e. The van der Waals surface area contributed by atoms with Crippen LogP contribution in [-0.4, -0.2) is 94.0 Å². The molecule has 18 nitrogen and oxygen atoms in total. The Bertz CT molecular complexity index is 5800. The SMILES string of the molecule is C=C(C)C(=O)OCC#Cc1ccc2cc(OC(=O)C(=C)C)ccc2c1.C=C(C)C(=O)OCCCCc1ccc2c(ccc3cc(OC(=O)C(=C)C)ccc32)c1.C=C(C)C(=O)OCCCc1ccc2c(ccc3cc(OC(=O)C(=C)C)ccc32)c1.C=CC(=O)OCCCCCCCCCOc1ccc(C#CC#Cc2ccc(OCCCCCCCCCOC(=O)C=C)cc2)cc1. The molecule has 0 saturated carbocycles. The number of carbonyl (C=O) groups is 8. The van der Waals surface area contributed by atoms with E-state index in [2.05, 4.69) is 137 Å². The Kier molecular flexibility index (Phi) is 44.6. The van der Waals surface area contributed by atoms with E-state index in [-0.39, 0.29) is 30.5 Å². The third-order valence-corrected chi connectivity index (χ3v) is 19.8. The molecule has 18 heteroatoms. The van der Waals surface area contributed by atoms with Crippen molar-refractivity contribution in [3.63, 3.8) is 0 Å². The van der Waals surface area contributed by atoms with Gasteiger partial charge in [-0.1, -0.05) is 225 Å². The summed E-state index contributed by atoms with van der Waals surface area (Å²) >= 11 is 0. The van der Waals surface area contributed by atoms with E-state index >= 15 is 0 Å². The van der Waals surface area contributed by atoms with Crippen molar-refractivity contribution in [2.45, 2.75) is 164 Å². The second-order valence-corrected chi connectivity index (χ2v) is 31.2. The molecule has 0 bridgehead atoms. The third kappa shape index (κ3) is 37.9. The second kappa shape index (κ2) is 56.5. The number of fused-ring (bicyclic) bond motifs is 7. The van der Waals surface area contributed by atoms with Gasteiger partial charge in [-0.3, -0.25) is 0 Å². The van der Waals surface area contributed by atoms with Crippen molar-refractivity contribution in [1.29, 1.82) is 0 Å². The van der Waals surface area contributed by atoms with Gasteiger partial charge < -0.3 is 47.4 Å². The highest BCUT2D eigenvalue weighted by atomic mass is 16.6. The van der Waals surface area contributed by atoms with Gasteiger partial charge in [0.1, 0.15) is 28.7 Å². The number of unbranched alkanes of at least 4 members (excludes halogenated alkanes) is 13. The van der Waals surface area contributed by atoms with Crippen molar-refractivity contribution in [3.05, 3.63) is 308 Å². The Labute approximate surface area is 765 Å². The highest BCUT2D eigenvalue weighted by Crippen LogP contribution is 2.33. The van der Waals surface area contributed by atoms with Gasteiger partial charge in [-0.05, 0) is 273 Å². The summed E-state index contributed by atoms with van der Waals surface area (Å²) in [4.78, 5) is 91.0. The number of esters is 8. The summed E-state index contributed by atoms with van der Waals surface area (Å²) in [6, 6.07) is 58.9. The topological polar surface area (TPSA) is 229 Å². The van der Waals surface area contributed by atoms with Crippen LogP contribution in [0.4, 0.5) is 0 Å². The number of hydrogen-bond acceptors (Lipinski definition) is 18. The van der Waals surface area contributed by atoms with Crippen LogP contribution in [0.25, 0.3) is 53.9 Å². The Balaban J connectivity index is 0.000000244. The fraction of sp³-hybridized carbons (Fsp3) is 0.286. The van der Waals surface area contributed by atoms with Crippen LogP contribution in [0.15, 0.2) is 280 Å². The summed E-state index contributed by atoms with van der Waals surface area (Å²) in [6.07, 6.45) is 22.1. The minimum Gasteiger partial charge on any atom is -0.494 e. The zero-order valence-electron chi connectivity index (χ0n) is 75.9. The van der Waals surface area contributed by atoms with Crippen LogP contribution < -0.4 is 23.7 Å². The number of benzene rings is 10. The van der Waals surface area contributed by atoms with E-state index in [1.165, 1.54) is 54.3 Å². The smallest absolute Gasteiger partial charge is 0.338 e. The third-order valence-electron chi connectivity index (χ3n) is 19.8. The zero-order valence-corrected chi connectivity index (χ0v) is 75.9. The van der Waals surface area contributed by atoms with Crippen LogP contribution in [0.2, 0.25) is 0 Å². The van der Waals surface area contributed by atoms with Crippen LogP contribution in [0, 0.1) is 35.5 Å². The Morgan fingerprint density at radius 2 is 0.562 bits per heavy atom. The first-order valence-corrected chi connectivity index (χ1v) is 43.8. The van der Waals surface area contributed by atoms with Crippen LogP contribution >= 0.6 is 0 Å². The maximum atomic E-state index is 11.7. The fourth-order valence-electron chi connectivity index (χ4n) is 12.7. The predicted octanol–water partition coefficient (Wildman–Crippen LogP) is 24.0. The molecule has 0 radical (unpaired) electrons. The Morgan fingerprint density at radius 1 is 0.269 bits per heavy atom. The lowest BCUT2D eigenvalue weighted by Crippen LogP contribution is -2.07. The lowest BCUT2D eigenvalue weighted by Gasteiger charge is -2.09. The monoisotopic (exact) mass is 1750 g/mol. The lowest BCUT2D eigenvalue weighted by atomic mass is 9.98. The molecule has 0 unspecified atom stereocenters. The average Bonchev–Trinajstić information content (AvgIpc) is 0.784. The Morgan fingerprint density at radius 3 is 0.962 bits per heavy atom. The number of hydrogen-bond donors (Lipinski definition) is 0. The summed E-state index contributed by atoms with van der Waals surface area (Å²) in [7, 11) is 0. The fourth-order valence-corrected chi connectivity index (χ4v) is 12.7. The summed E-state index contributed by atoms with van der Waals surface area (Å²) < 4.78 is 52.7. The first-order chi connectivity index (χ1) is 62.7. The molecule has 0 spiro atoms. The van der Waals surface area contributed by atoms with E-state index in [0.29, 0.717) is 90.3 Å². The van der Waals surface area contributed by atoms with E-state index in [1.807, 2.05) is 115 Å². The molecule has 10 rings (SSSR count). The van der Waals surface area contributed by atoms with Crippen molar-refractivity contribution >= 4 is 102 Å². The number of carbonyl (C=O) groups excluding carboxylic acids is 8. The first kappa shape index (κ1) is 103. The molecule has 10 aromatic rings. The van der Waals surface area contributed by atoms with Gasteiger partial charge in [0.2, 0.25) is 0 Å². The maximum absolute atomic E-state index is 11.7. The minimum absolute atomic E-state index is 0.0134. The van der Waals surface area contributed by atoms with Crippen molar-refractivity contribution in [2.24, 2.45) is 0 Å². The van der Waals surface area contributed by atoms with E-state index in [9.17, 15) is 38.4 Å². The normalized spacial score (nSPS) is 10.3. The largest absolute Gasteiger partial charge is 0.494 e. The van der Waals surface area contributed by atoms with Gasteiger partial charge in [-0.2, -0.15) is 0 Å². The standard InChI is InChI=1S/C40H50O6.C26H26O4.C25H24O4.C21H18O4/c1-3-39(41)45-33-19-13-9-5-7-11-17-31-43-37-27-23-35(24-28-37)21-15-16-22-36-25-29-38(30-26-36)44-32-18-12-8-6-10-14-20-34-46-40(42)4-2;1-17(2)25(27)29-14-6-5-7-19-8-12-23-20(15-19)9-10-21-16-22(11-13-24(21)23)30-26(28)18(3)4;1-16(2)24(26)28-13-5-6-18-7-11-22-19(14-18)8-9-20-15-21(10-12-23(20)22)29-25(27)17(3)4;1-14(2)20(22)24-11-5-6-16-7-8-18-13-19(10-9-17(18)12-16)25-21(23)15(3)4/h3-4,23-30H,1-2,5-14,17-20,31-34H2;8-13,15-16H,1,3,5-7,14H2,2,4H3;7-12,14-15H,1,3,5-6,13H2,2,4H3;7-10,12-13H,1,3,11H2,2,4H3. The van der Waals surface area contributed by atoms with Crippen molar-refractivity contribution in [3.8, 4) is 64.3 Å². The van der Waals surface area contributed by atoms with Gasteiger partial charge in [-0.15, -0.1) is 0 Å². The molecular weight excluding hydrogens is 1630 g/mol. The molecule has 0 amide bonds. The number of aryl methyl sites for hydroxylation is 2. The quantitative estimate of drug-likeness (QED) is 0.00658. The van der Waals surface area contributed by atoms with Crippen LogP contribution in [0.3, 0.4) is 0 Å². The molecule has 0 heterocycles. The van der Waals surface area contributed by atoms with Crippen molar-refractivity contribution < 1.29 is 85.7 Å². The minimum atomic E-state index is -0.454. The molecule has 0 aliphatic carbocycles. The second-order valence-electron chi connectivity index (χ2n) is 31.2. The lowest BCUT2D eigenvalue weighted by molar-refractivity contribution is -0.139. The summed E-state index contributed by atoms with van der Waals surface area (Å²) in [5.74, 6) is 17.8. The molecule has 674 valence electrons. The molecule has 130 heavy (non-hydrogen) atoms. The van der Waals surface area contributed by atoms with Gasteiger partial charge in [-0.25, -0.2) is 38.4 Å². The van der Waals surface area contributed by atoms with E-state index in [0.717, 1.165) is 173 Å². The molecule has 0 aliphatic rings. The molecule has 0 fully saturated rings. The number of rotatable bonds is 43. The van der Waals surface area contributed by atoms with Crippen LogP contribution in [0.5, 0.6) is 28.7 Å². The molecule has 0 aliphatic heterocycles. The highest BCUT2D eigenvalue weighted by molar-refractivity contribution is 6.09. The van der Waals surface area contributed by atoms with Crippen molar-refractivity contribution in [2.75, 3.05) is 46.2 Å². The predicted molar refractivity (Wildman–Crippen MR) is 518 cm³/mol. The average molecular weight is 1750 g/mol. The molecular formula is C112H118O18.